The lowest BCUT2D eigenvalue weighted by molar-refractivity contribution is 0.201. The van der Waals surface area contributed by atoms with E-state index in [4.69, 9.17) is 9.84 Å². The maximum atomic E-state index is 6.24. The smallest absolute Gasteiger partial charge is 0.236 e. The molecule has 1 unspecified atom stereocenters. The molecule has 0 saturated heterocycles. The highest BCUT2D eigenvalue weighted by Gasteiger charge is 2.26. The number of rotatable bonds is 5. The van der Waals surface area contributed by atoms with Crippen molar-refractivity contribution >= 4 is 5.65 Å². The van der Waals surface area contributed by atoms with Crippen molar-refractivity contribution in [1.82, 2.24) is 35.0 Å². The molecule has 1 atom stereocenters. The number of aromatic amines is 1. The molecule has 0 aliphatic heterocycles. The molecule has 0 radical (unpaired) electrons. The summed E-state index contributed by atoms with van der Waals surface area (Å²) in [7, 11) is 0. The third-order valence-corrected chi connectivity index (χ3v) is 5.30. The molecule has 0 bridgehead atoms. The van der Waals surface area contributed by atoms with E-state index in [1.54, 1.807) is 10.8 Å². The fourth-order valence-corrected chi connectivity index (χ4v) is 3.85. The molecule has 1 aliphatic carbocycles. The number of aromatic nitrogens is 7. The molecule has 1 fully saturated rings. The van der Waals surface area contributed by atoms with E-state index in [1.807, 2.05) is 37.3 Å². The molecule has 142 valence electrons. The van der Waals surface area contributed by atoms with Gasteiger partial charge in [0.15, 0.2) is 23.4 Å². The molecular formula is C20H21N7O. The number of fused-ring (bicyclic) bond motifs is 1. The molecular weight excluding hydrogens is 354 g/mol. The first kappa shape index (κ1) is 16.9. The van der Waals surface area contributed by atoms with Crippen molar-refractivity contribution in [2.24, 2.45) is 0 Å². The largest absolute Gasteiger partial charge is 0.465 e. The van der Waals surface area contributed by atoms with Crippen molar-refractivity contribution in [1.29, 1.82) is 0 Å². The molecule has 28 heavy (non-hydrogen) atoms. The molecule has 4 aromatic rings. The predicted molar refractivity (Wildman–Crippen MR) is 103 cm³/mol. The molecule has 5 rings (SSSR count). The summed E-state index contributed by atoms with van der Waals surface area (Å²) in [5, 5.41) is 20.4. The monoisotopic (exact) mass is 375 g/mol. The average molecular weight is 375 g/mol. The lowest BCUT2D eigenvalue weighted by Gasteiger charge is -2.18. The summed E-state index contributed by atoms with van der Waals surface area (Å²) in [6, 6.07) is 12.0. The Balaban J connectivity index is 1.61. The van der Waals surface area contributed by atoms with E-state index < -0.39 is 0 Å². The number of nitrogens with one attached hydrogen (secondary N) is 1. The van der Waals surface area contributed by atoms with Gasteiger partial charge in [-0.3, -0.25) is 5.10 Å². The van der Waals surface area contributed by atoms with Gasteiger partial charge in [0.05, 0.1) is 0 Å². The lowest BCUT2D eigenvalue weighted by atomic mass is 9.99. The van der Waals surface area contributed by atoms with E-state index in [1.165, 1.54) is 12.8 Å². The molecule has 1 N–H and O–H groups in total. The summed E-state index contributed by atoms with van der Waals surface area (Å²) in [5.74, 6) is 2.34. The summed E-state index contributed by atoms with van der Waals surface area (Å²) < 4.78 is 8.00. The molecule has 1 saturated carbocycles. The number of ether oxygens (including phenoxy) is 1. The fourth-order valence-electron chi connectivity index (χ4n) is 3.85. The average Bonchev–Trinajstić information content (AvgIpc) is 3.49. The van der Waals surface area contributed by atoms with Crippen LogP contribution in [0.1, 0.15) is 56.0 Å². The second kappa shape index (κ2) is 7.03. The zero-order valence-electron chi connectivity index (χ0n) is 15.6. The van der Waals surface area contributed by atoms with Crippen LogP contribution < -0.4 is 4.74 Å². The minimum atomic E-state index is -0.312. The van der Waals surface area contributed by atoms with Crippen molar-refractivity contribution < 1.29 is 4.74 Å². The molecule has 8 nitrogen and oxygen atoms in total. The van der Waals surface area contributed by atoms with Gasteiger partial charge >= 0.3 is 0 Å². The Bertz CT molecular complexity index is 1070. The van der Waals surface area contributed by atoms with Crippen LogP contribution >= 0.6 is 0 Å². The van der Waals surface area contributed by atoms with Crippen LogP contribution in [0.5, 0.6) is 5.88 Å². The standard InChI is InChI=1S/C20H21N7O/c1-13(18-21-12-22-24-18)28-20-16(14-7-5-6-8-14)11-17-23-25-19(27(17)26-20)15-9-3-2-4-10-15/h2-4,9-14H,5-8H2,1H3,(H,21,22,24). The second-order valence-corrected chi connectivity index (χ2v) is 7.16. The van der Waals surface area contributed by atoms with Gasteiger partial charge in [-0.15, -0.1) is 15.3 Å². The Morgan fingerprint density at radius 1 is 1.14 bits per heavy atom. The third-order valence-electron chi connectivity index (χ3n) is 5.30. The van der Waals surface area contributed by atoms with Gasteiger partial charge in [-0.05, 0) is 31.7 Å². The third kappa shape index (κ3) is 3.00. The van der Waals surface area contributed by atoms with E-state index in [-0.39, 0.29) is 6.10 Å². The molecule has 1 aromatic carbocycles. The molecule has 0 amide bonds. The normalized spacial score (nSPS) is 15.9. The first-order valence-electron chi connectivity index (χ1n) is 9.63. The number of hydrogen-bond donors (Lipinski definition) is 1. The fraction of sp³-hybridized carbons (Fsp3) is 0.350. The van der Waals surface area contributed by atoms with E-state index in [0.29, 0.717) is 23.4 Å². The quantitative estimate of drug-likeness (QED) is 0.571. The summed E-state index contributed by atoms with van der Waals surface area (Å²) in [6.07, 6.45) is 5.98. The van der Waals surface area contributed by atoms with Crippen molar-refractivity contribution in [3.05, 3.63) is 54.1 Å². The summed E-state index contributed by atoms with van der Waals surface area (Å²) in [4.78, 5) is 4.21. The van der Waals surface area contributed by atoms with Crippen molar-refractivity contribution in [2.75, 3.05) is 0 Å². The van der Waals surface area contributed by atoms with Crippen molar-refractivity contribution in [3.63, 3.8) is 0 Å². The number of nitrogens with zero attached hydrogens (tertiary/aromatic N) is 6. The van der Waals surface area contributed by atoms with Crippen molar-refractivity contribution in [2.45, 2.75) is 44.6 Å². The van der Waals surface area contributed by atoms with E-state index in [9.17, 15) is 0 Å². The Morgan fingerprint density at radius 2 is 1.96 bits per heavy atom. The van der Waals surface area contributed by atoms with Crippen LogP contribution in [0.4, 0.5) is 0 Å². The minimum absolute atomic E-state index is 0.312. The van der Waals surface area contributed by atoms with Gasteiger partial charge in [-0.25, -0.2) is 4.98 Å². The highest BCUT2D eigenvalue weighted by molar-refractivity contribution is 5.59. The minimum Gasteiger partial charge on any atom is -0.465 e. The van der Waals surface area contributed by atoms with Gasteiger partial charge in [0.1, 0.15) is 6.33 Å². The maximum absolute atomic E-state index is 6.24. The van der Waals surface area contributed by atoms with Crippen LogP contribution in [0.25, 0.3) is 17.0 Å². The van der Waals surface area contributed by atoms with Crippen LogP contribution in [0.15, 0.2) is 42.7 Å². The Labute approximate surface area is 162 Å². The van der Waals surface area contributed by atoms with Gasteiger partial charge in [0.25, 0.3) is 0 Å². The van der Waals surface area contributed by atoms with E-state index >= 15 is 0 Å². The zero-order valence-corrected chi connectivity index (χ0v) is 15.6. The van der Waals surface area contributed by atoms with Gasteiger partial charge in [0.2, 0.25) is 5.88 Å². The molecule has 3 heterocycles. The molecule has 8 heteroatoms. The topological polar surface area (TPSA) is 93.9 Å². The maximum Gasteiger partial charge on any atom is 0.236 e. The highest BCUT2D eigenvalue weighted by Crippen LogP contribution is 2.39. The van der Waals surface area contributed by atoms with Gasteiger partial charge in [-0.1, -0.05) is 43.2 Å². The van der Waals surface area contributed by atoms with E-state index in [0.717, 1.165) is 29.6 Å². The van der Waals surface area contributed by atoms with Crippen LogP contribution in [-0.2, 0) is 0 Å². The van der Waals surface area contributed by atoms with Gasteiger partial charge < -0.3 is 4.74 Å². The first-order chi connectivity index (χ1) is 13.8. The zero-order chi connectivity index (χ0) is 18.9. The Hall–Kier alpha value is -3.29. The van der Waals surface area contributed by atoms with Crippen LogP contribution in [-0.4, -0.2) is 35.0 Å². The Kier molecular flexibility index (Phi) is 4.23. The number of hydrogen-bond acceptors (Lipinski definition) is 6. The predicted octanol–water partition coefficient (Wildman–Crippen LogP) is 3.71. The molecule has 1 aliphatic rings. The van der Waals surface area contributed by atoms with Gasteiger partial charge in [-0.2, -0.15) is 9.61 Å². The lowest BCUT2D eigenvalue weighted by Crippen LogP contribution is -2.11. The highest BCUT2D eigenvalue weighted by atomic mass is 16.5. The van der Waals surface area contributed by atoms with Crippen LogP contribution in [0, 0.1) is 0 Å². The summed E-state index contributed by atoms with van der Waals surface area (Å²) >= 11 is 0. The van der Waals surface area contributed by atoms with Gasteiger partial charge in [0, 0.05) is 11.1 Å². The molecule has 0 spiro atoms. The summed E-state index contributed by atoms with van der Waals surface area (Å²) in [5.41, 5.74) is 2.79. The SMILES string of the molecule is CC(Oc1nn2c(-c3ccccc3)nnc2cc1C1CCCC1)c1nc[nH]n1. The number of H-pyrrole nitrogens is 1. The molecule has 3 aromatic heterocycles. The van der Waals surface area contributed by atoms with Crippen molar-refractivity contribution in [3.8, 4) is 17.3 Å². The van der Waals surface area contributed by atoms with Crippen LogP contribution in [0.2, 0.25) is 0 Å². The number of benzene rings is 1. The second-order valence-electron chi connectivity index (χ2n) is 7.16. The van der Waals surface area contributed by atoms with E-state index in [2.05, 4.69) is 31.4 Å². The van der Waals surface area contributed by atoms with Crippen LogP contribution in [0.3, 0.4) is 0 Å². The summed E-state index contributed by atoms with van der Waals surface area (Å²) in [6.45, 7) is 1.93. The Morgan fingerprint density at radius 3 is 2.71 bits per heavy atom. The first-order valence-corrected chi connectivity index (χ1v) is 9.63.